The zero-order valence-corrected chi connectivity index (χ0v) is 16.7. The molecule has 4 rings (SSSR count). The van der Waals surface area contributed by atoms with Gasteiger partial charge in [0.1, 0.15) is 4.90 Å². The Bertz CT molecular complexity index is 1090. The number of aromatic nitrogens is 1. The van der Waals surface area contributed by atoms with E-state index in [4.69, 9.17) is 11.6 Å². The van der Waals surface area contributed by atoms with Gasteiger partial charge >= 0.3 is 0 Å². The number of piperidine rings is 1. The second-order valence-electron chi connectivity index (χ2n) is 7.00. The van der Waals surface area contributed by atoms with Crippen molar-refractivity contribution in [1.82, 2.24) is 4.98 Å². The molecule has 27 heavy (non-hydrogen) atoms. The van der Waals surface area contributed by atoms with Crippen LogP contribution in [0.2, 0.25) is 5.02 Å². The lowest BCUT2D eigenvalue weighted by Crippen LogP contribution is -2.31. The molecule has 2 aromatic carbocycles. The summed E-state index contributed by atoms with van der Waals surface area (Å²) < 4.78 is 26.9. The average Bonchev–Trinajstić information content (AvgIpc) is 2.68. The minimum absolute atomic E-state index is 0.235. The van der Waals surface area contributed by atoms with Crippen molar-refractivity contribution >= 4 is 38.0 Å². The number of hydrogen-bond acceptors (Lipinski definition) is 4. The van der Waals surface area contributed by atoms with Gasteiger partial charge in [-0.1, -0.05) is 23.2 Å². The van der Waals surface area contributed by atoms with Crippen molar-refractivity contribution in [3.63, 3.8) is 0 Å². The summed E-state index contributed by atoms with van der Waals surface area (Å²) in [5.74, 6) is 0. The molecule has 0 atom stereocenters. The Kier molecular flexibility index (Phi) is 4.82. The molecule has 2 heterocycles. The maximum atomic E-state index is 13.4. The second kappa shape index (κ2) is 7.13. The van der Waals surface area contributed by atoms with Gasteiger partial charge in [0.25, 0.3) is 0 Å². The van der Waals surface area contributed by atoms with Crippen LogP contribution in [0.25, 0.3) is 10.9 Å². The average molecular weight is 401 g/mol. The molecule has 3 aromatic rings. The number of pyridine rings is 1. The Morgan fingerprint density at radius 2 is 1.70 bits per heavy atom. The maximum Gasteiger partial charge on any atom is 0.210 e. The van der Waals surface area contributed by atoms with Crippen molar-refractivity contribution in [2.75, 3.05) is 18.0 Å². The highest BCUT2D eigenvalue weighted by Gasteiger charge is 2.27. The summed E-state index contributed by atoms with van der Waals surface area (Å²) in [5.41, 5.74) is 2.68. The zero-order chi connectivity index (χ0) is 19.0. The van der Waals surface area contributed by atoms with Crippen molar-refractivity contribution in [2.24, 2.45) is 0 Å². The predicted octanol–water partition coefficient (Wildman–Crippen LogP) is 5.02. The van der Waals surface area contributed by atoms with Crippen molar-refractivity contribution < 1.29 is 8.42 Å². The number of anilines is 1. The van der Waals surface area contributed by atoms with Gasteiger partial charge in [-0.3, -0.25) is 4.98 Å². The van der Waals surface area contributed by atoms with Crippen LogP contribution in [0.1, 0.15) is 24.8 Å². The summed E-state index contributed by atoms with van der Waals surface area (Å²) in [6.07, 6.45) is 4.81. The first-order valence-corrected chi connectivity index (χ1v) is 11.0. The van der Waals surface area contributed by atoms with Gasteiger partial charge in [-0.15, -0.1) is 0 Å². The molecule has 4 nitrogen and oxygen atoms in total. The normalized spacial score (nSPS) is 15.3. The van der Waals surface area contributed by atoms with Gasteiger partial charge in [0, 0.05) is 29.7 Å². The highest BCUT2D eigenvalue weighted by molar-refractivity contribution is 7.91. The summed E-state index contributed by atoms with van der Waals surface area (Å²) >= 11 is 5.94. The van der Waals surface area contributed by atoms with Gasteiger partial charge in [-0.2, -0.15) is 0 Å². The van der Waals surface area contributed by atoms with E-state index in [1.54, 1.807) is 24.3 Å². The second-order valence-corrected chi connectivity index (χ2v) is 9.35. The topological polar surface area (TPSA) is 50.3 Å². The first-order valence-electron chi connectivity index (χ1n) is 9.12. The Morgan fingerprint density at radius 1 is 1.00 bits per heavy atom. The summed E-state index contributed by atoms with van der Waals surface area (Å²) in [4.78, 5) is 7.16. The molecule has 0 aliphatic carbocycles. The van der Waals surface area contributed by atoms with E-state index >= 15 is 0 Å². The van der Waals surface area contributed by atoms with Gasteiger partial charge in [-0.25, -0.2) is 8.42 Å². The molecule has 0 spiro atoms. The fraction of sp³-hybridized carbons (Fsp3) is 0.286. The third kappa shape index (κ3) is 3.42. The van der Waals surface area contributed by atoms with Crippen LogP contribution >= 0.6 is 11.6 Å². The molecule has 1 aliphatic rings. The van der Waals surface area contributed by atoms with Crippen molar-refractivity contribution in [2.45, 2.75) is 36.0 Å². The van der Waals surface area contributed by atoms with Crippen LogP contribution in [0.4, 0.5) is 5.69 Å². The van der Waals surface area contributed by atoms with Crippen LogP contribution in [-0.2, 0) is 9.84 Å². The van der Waals surface area contributed by atoms with Gasteiger partial charge in [0.05, 0.1) is 16.1 Å². The summed E-state index contributed by atoms with van der Waals surface area (Å²) in [7, 11) is -3.70. The van der Waals surface area contributed by atoms with E-state index in [1.807, 2.05) is 25.1 Å². The zero-order valence-electron chi connectivity index (χ0n) is 15.2. The number of aryl methyl sites for hydroxylation is 1. The summed E-state index contributed by atoms with van der Waals surface area (Å²) in [6, 6.07) is 12.3. The fourth-order valence-corrected chi connectivity index (χ4v) is 5.21. The number of nitrogens with zero attached hydrogens (tertiary/aromatic N) is 2. The molecule has 0 unspecified atom stereocenters. The lowest BCUT2D eigenvalue weighted by atomic mass is 10.1. The summed E-state index contributed by atoms with van der Waals surface area (Å²) in [5, 5.41) is 1.41. The van der Waals surface area contributed by atoms with E-state index in [0.717, 1.165) is 48.1 Å². The molecule has 1 fully saturated rings. The molecule has 6 heteroatoms. The van der Waals surface area contributed by atoms with E-state index < -0.39 is 9.84 Å². The van der Waals surface area contributed by atoms with Gasteiger partial charge in [-0.05, 0) is 62.6 Å². The molecule has 140 valence electrons. The number of halogens is 1. The van der Waals surface area contributed by atoms with Crippen molar-refractivity contribution in [3.8, 4) is 0 Å². The van der Waals surface area contributed by atoms with Gasteiger partial charge < -0.3 is 4.90 Å². The van der Waals surface area contributed by atoms with E-state index in [9.17, 15) is 8.42 Å². The molecule has 0 N–H and O–H groups in total. The molecule has 0 radical (unpaired) electrons. The molecule has 0 amide bonds. The van der Waals surface area contributed by atoms with Gasteiger partial charge in [0.15, 0.2) is 0 Å². The van der Waals surface area contributed by atoms with E-state index in [0.29, 0.717) is 5.02 Å². The Hall–Kier alpha value is -2.11. The molecule has 1 saturated heterocycles. The van der Waals surface area contributed by atoms with Crippen molar-refractivity contribution in [1.29, 1.82) is 0 Å². The maximum absolute atomic E-state index is 13.4. The standard InChI is InChI=1S/C21H21ClN2O2S/c1-15-5-10-19-18(13-15)21(24-11-3-2-4-12-24)20(14-23-19)27(25,26)17-8-6-16(22)7-9-17/h5-10,13-14H,2-4,11-12H2,1H3. The molecule has 0 bridgehead atoms. The molecule has 1 aliphatic heterocycles. The Labute approximate surface area is 164 Å². The van der Waals surface area contributed by atoms with Crippen LogP contribution in [0.5, 0.6) is 0 Å². The number of fused-ring (bicyclic) bond motifs is 1. The number of rotatable bonds is 3. The number of benzene rings is 2. The minimum Gasteiger partial charge on any atom is -0.370 e. The lowest BCUT2D eigenvalue weighted by Gasteiger charge is -2.31. The smallest absolute Gasteiger partial charge is 0.210 e. The molecule has 0 saturated carbocycles. The molecular weight excluding hydrogens is 380 g/mol. The third-order valence-corrected chi connectivity index (χ3v) is 7.07. The first-order chi connectivity index (χ1) is 13.0. The fourth-order valence-electron chi connectivity index (χ4n) is 3.66. The van der Waals surface area contributed by atoms with Crippen LogP contribution < -0.4 is 4.90 Å². The lowest BCUT2D eigenvalue weighted by molar-refractivity contribution is 0.572. The highest BCUT2D eigenvalue weighted by atomic mass is 35.5. The molecule has 1 aromatic heterocycles. The van der Waals surface area contributed by atoms with Gasteiger partial charge in [0.2, 0.25) is 9.84 Å². The minimum atomic E-state index is -3.70. The first kappa shape index (κ1) is 18.3. The molecular formula is C21H21ClN2O2S. The van der Waals surface area contributed by atoms with Crippen LogP contribution in [-0.4, -0.2) is 26.5 Å². The quantitative estimate of drug-likeness (QED) is 0.619. The van der Waals surface area contributed by atoms with E-state index in [2.05, 4.69) is 9.88 Å². The number of hydrogen-bond donors (Lipinski definition) is 0. The largest absolute Gasteiger partial charge is 0.370 e. The monoisotopic (exact) mass is 400 g/mol. The number of sulfone groups is 1. The predicted molar refractivity (Wildman–Crippen MR) is 109 cm³/mol. The van der Waals surface area contributed by atoms with Crippen LogP contribution in [0, 0.1) is 6.92 Å². The Morgan fingerprint density at radius 3 is 2.41 bits per heavy atom. The highest BCUT2D eigenvalue weighted by Crippen LogP contribution is 2.37. The van der Waals surface area contributed by atoms with Crippen LogP contribution in [0.3, 0.4) is 0 Å². The van der Waals surface area contributed by atoms with E-state index in [1.165, 1.54) is 12.6 Å². The van der Waals surface area contributed by atoms with E-state index in [-0.39, 0.29) is 9.79 Å². The third-order valence-electron chi connectivity index (χ3n) is 5.05. The Balaban J connectivity index is 1.98. The SMILES string of the molecule is Cc1ccc2ncc(S(=O)(=O)c3ccc(Cl)cc3)c(N3CCCCC3)c2c1. The van der Waals surface area contributed by atoms with Crippen molar-refractivity contribution in [3.05, 3.63) is 59.2 Å². The summed E-state index contributed by atoms with van der Waals surface area (Å²) in [6.45, 7) is 3.73. The van der Waals surface area contributed by atoms with Crippen LogP contribution in [0.15, 0.2) is 58.5 Å².